The minimum atomic E-state index is 0.597. The van der Waals surface area contributed by atoms with Crippen molar-refractivity contribution in [3.8, 4) is 0 Å². The summed E-state index contributed by atoms with van der Waals surface area (Å²) in [5.74, 6) is 0. The van der Waals surface area contributed by atoms with Gasteiger partial charge in [-0.2, -0.15) is 0 Å². The molecule has 0 fully saturated rings. The van der Waals surface area contributed by atoms with Crippen molar-refractivity contribution in [1.82, 2.24) is 0 Å². The highest BCUT2D eigenvalue weighted by Gasteiger charge is 2.05. The normalized spacial score (nSPS) is 15.2. The van der Waals surface area contributed by atoms with Gasteiger partial charge >= 0.3 is 0 Å². The molecule has 0 spiro atoms. The fourth-order valence-corrected chi connectivity index (χ4v) is 2.65. The molecule has 0 bridgehead atoms. The highest BCUT2D eigenvalue weighted by Crippen LogP contribution is 2.26. The third kappa shape index (κ3) is 5.50. The average Bonchev–Trinajstić information content (AvgIpc) is 2.68. The van der Waals surface area contributed by atoms with E-state index < -0.39 is 0 Å². The molecule has 1 aromatic carbocycles. The number of benzene rings is 1. The number of hydrogen-bond donors (Lipinski definition) is 0. The van der Waals surface area contributed by atoms with Crippen molar-refractivity contribution in [3.63, 3.8) is 0 Å². The van der Waals surface area contributed by atoms with Crippen LogP contribution in [0.25, 0.3) is 18.2 Å². The molecule has 0 saturated carbocycles. The monoisotopic (exact) mass is 337 g/mol. The van der Waals surface area contributed by atoms with Gasteiger partial charge in [-0.25, -0.2) is 4.99 Å². The van der Waals surface area contributed by atoms with Crippen LogP contribution in [0.4, 0.5) is 0 Å². The molecule has 0 aliphatic heterocycles. The van der Waals surface area contributed by atoms with Crippen molar-refractivity contribution < 1.29 is 0 Å². The highest BCUT2D eigenvalue weighted by atomic mass is 35.5. The second-order valence-corrected chi connectivity index (χ2v) is 6.57. The summed E-state index contributed by atoms with van der Waals surface area (Å²) in [4.78, 5) is 4.11. The zero-order valence-corrected chi connectivity index (χ0v) is 15.4. The van der Waals surface area contributed by atoms with E-state index in [1.54, 1.807) is 6.20 Å². The molecule has 0 saturated heterocycles. The van der Waals surface area contributed by atoms with Gasteiger partial charge in [0.15, 0.2) is 0 Å². The van der Waals surface area contributed by atoms with Crippen LogP contribution >= 0.6 is 11.6 Å². The molecule has 1 aromatic rings. The minimum Gasteiger partial charge on any atom is -0.249 e. The second-order valence-electron chi connectivity index (χ2n) is 6.13. The van der Waals surface area contributed by atoms with Crippen LogP contribution in [0.15, 0.2) is 64.8 Å². The third-order valence-corrected chi connectivity index (χ3v) is 4.12. The smallest absolute Gasteiger partial charge is 0.105 e. The van der Waals surface area contributed by atoms with Gasteiger partial charge in [0.25, 0.3) is 0 Å². The van der Waals surface area contributed by atoms with Crippen molar-refractivity contribution in [1.29, 1.82) is 0 Å². The summed E-state index contributed by atoms with van der Waals surface area (Å²) in [5, 5.41) is 0.597. The molecule has 0 amide bonds. The first kappa shape index (κ1) is 18.2. The molecule has 1 aliphatic rings. The zero-order chi connectivity index (χ0) is 17.5. The van der Waals surface area contributed by atoms with E-state index in [9.17, 15) is 0 Å². The summed E-state index contributed by atoms with van der Waals surface area (Å²) in [7, 11) is 0. The van der Waals surface area contributed by atoms with E-state index in [4.69, 9.17) is 11.6 Å². The van der Waals surface area contributed by atoms with Gasteiger partial charge in [0, 0.05) is 6.20 Å². The number of hydrogen-bond acceptors (Lipinski definition) is 1. The average molecular weight is 338 g/mol. The molecule has 1 aliphatic carbocycles. The van der Waals surface area contributed by atoms with Crippen molar-refractivity contribution >= 4 is 35.0 Å². The van der Waals surface area contributed by atoms with Crippen LogP contribution < -0.4 is 0 Å². The maximum absolute atomic E-state index is 5.87. The minimum absolute atomic E-state index is 0.597. The number of halogens is 1. The Morgan fingerprint density at radius 3 is 2.58 bits per heavy atom. The number of aliphatic imine (C=N–C) groups is 1. The molecule has 24 heavy (non-hydrogen) atoms. The summed E-state index contributed by atoms with van der Waals surface area (Å²) < 4.78 is 0. The van der Waals surface area contributed by atoms with Crippen LogP contribution in [0, 0.1) is 0 Å². The summed E-state index contributed by atoms with van der Waals surface area (Å²) in [5.41, 5.74) is 7.39. The van der Waals surface area contributed by atoms with E-state index in [0.29, 0.717) is 5.17 Å². The molecular formula is C22H24ClN. The molecule has 2 rings (SSSR count). The van der Waals surface area contributed by atoms with Gasteiger partial charge in [-0.1, -0.05) is 72.7 Å². The van der Waals surface area contributed by atoms with Crippen molar-refractivity contribution in [2.24, 2.45) is 4.99 Å². The number of fused-ring (bicyclic) bond motifs is 1. The van der Waals surface area contributed by atoms with Gasteiger partial charge in [0.1, 0.15) is 5.17 Å². The van der Waals surface area contributed by atoms with Crippen LogP contribution in [0.1, 0.15) is 50.3 Å². The van der Waals surface area contributed by atoms with Gasteiger partial charge < -0.3 is 0 Å². The molecule has 0 radical (unpaired) electrons. The van der Waals surface area contributed by atoms with Crippen LogP contribution in [0.2, 0.25) is 0 Å². The summed E-state index contributed by atoms with van der Waals surface area (Å²) in [6.45, 7) is 10.3. The summed E-state index contributed by atoms with van der Waals surface area (Å²) in [6, 6.07) is 6.53. The van der Waals surface area contributed by atoms with E-state index >= 15 is 0 Å². The van der Waals surface area contributed by atoms with Gasteiger partial charge in [-0.15, -0.1) is 0 Å². The first-order valence-corrected chi connectivity index (χ1v) is 8.60. The Morgan fingerprint density at radius 2 is 1.88 bits per heavy atom. The predicted molar refractivity (Wildman–Crippen MR) is 109 cm³/mol. The number of allylic oxidation sites excluding steroid dienone is 5. The summed E-state index contributed by atoms with van der Waals surface area (Å²) in [6.07, 6.45) is 13.9. The molecule has 0 aromatic heterocycles. The Kier molecular flexibility index (Phi) is 6.57. The van der Waals surface area contributed by atoms with E-state index in [0.717, 1.165) is 24.0 Å². The van der Waals surface area contributed by atoms with Crippen molar-refractivity contribution in [3.05, 3.63) is 76.5 Å². The van der Waals surface area contributed by atoms with E-state index in [2.05, 4.69) is 61.8 Å². The lowest BCUT2D eigenvalue weighted by atomic mass is 10.0. The maximum Gasteiger partial charge on any atom is 0.105 e. The topological polar surface area (TPSA) is 12.4 Å². The standard InChI is InChI=1S/C22H24ClN/c1-5-22(23)24-11-10-16(2)6-7-19-8-9-20-13-17(3)12-18(4)14-21(20)15-19/h6-11,13-15H,2,5,12H2,1,3-4H3/b7-6+,11-10-,24-22?. The SMILES string of the molecule is C=C(/C=C\N=C(Cl)CC)/C=C/c1ccc2c(c1)C=C(C)CC(C)=C2. The highest BCUT2D eigenvalue weighted by molar-refractivity contribution is 6.65. The predicted octanol–water partition coefficient (Wildman–Crippen LogP) is 7.03. The van der Waals surface area contributed by atoms with Crippen LogP contribution in [0.3, 0.4) is 0 Å². The maximum atomic E-state index is 5.87. The Morgan fingerprint density at radius 1 is 1.17 bits per heavy atom. The molecule has 2 heteroatoms. The van der Waals surface area contributed by atoms with Crippen molar-refractivity contribution in [2.45, 2.75) is 33.6 Å². The van der Waals surface area contributed by atoms with Crippen LogP contribution in [0.5, 0.6) is 0 Å². The molecule has 0 atom stereocenters. The van der Waals surface area contributed by atoms with Gasteiger partial charge in [-0.05, 0) is 61.1 Å². The lowest BCUT2D eigenvalue weighted by Crippen LogP contribution is -1.83. The van der Waals surface area contributed by atoms with E-state index in [-0.39, 0.29) is 0 Å². The van der Waals surface area contributed by atoms with Gasteiger partial charge in [-0.3, -0.25) is 0 Å². The summed E-state index contributed by atoms with van der Waals surface area (Å²) >= 11 is 5.87. The van der Waals surface area contributed by atoms with Crippen LogP contribution in [-0.2, 0) is 0 Å². The van der Waals surface area contributed by atoms with Gasteiger partial charge in [0.2, 0.25) is 0 Å². The lowest BCUT2D eigenvalue weighted by molar-refractivity contribution is 1.14. The zero-order valence-electron chi connectivity index (χ0n) is 14.6. The van der Waals surface area contributed by atoms with Gasteiger partial charge in [0.05, 0.1) is 0 Å². The molecule has 0 N–H and O–H groups in total. The quantitative estimate of drug-likeness (QED) is 0.404. The lowest BCUT2D eigenvalue weighted by Gasteiger charge is -2.03. The fraction of sp³-hybridized carbons (Fsp3) is 0.227. The van der Waals surface area contributed by atoms with Crippen LogP contribution in [-0.4, -0.2) is 5.17 Å². The molecule has 1 nitrogen and oxygen atoms in total. The molecule has 0 unspecified atom stereocenters. The molecular weight excluding hydrogens is 314 g/mol. The Balaban J connectivity index is 2.14. The first-order chi connectivity index (χ1) is 11.5. The third-order valence-electron chi connectivity index (χ3n) is 3.76. The van der Waals surface area contributed by atoms with Crippen molar-refractivity contribution in [2.75, 3.05) is 0 Å². The Bertz CT molecular complexity index is 773. The largest absolute Gasteiger partial charge is 0.249 e. The molecule has 124 valence electrons. The number of nitrogens with zero attached hydrogens (tertiary/aromatic N) is 1. The first-order valence-electron chi connectivity index (χ1n) is 8.22. The Hall–Kier alpha value is -2.12. The number of rotatable bonds is 5. The van der Waals surface area contributed by atoms with E-state index in [1.165, 1.54) is 22.3 Å². The Labute approximate surface area is 150 Å². The van der Waals surface area contributed by atoms with E-state index in [1.807, 2.05) is 19.1 Å². The second kappa shape index (κ2) is 8.65. The molecule has 0 heterocycles. The fourth-order valence-electron chi connectivity index (χ4n) is 2.59.